The molecule has 0 aromatic rings. The van der Waals surface area contributed by atoms with E-state index in [0.717, 1.165) is 31.3 Å². The molecule has 2 heteroatoms. The Balaban J connectivity index is 3.51. The van der Waals surface area contributed by atoms with Gasteiger partial charge in [0.25, 0.3) is 0 Å². The van der Waals surface area contributed by atoms with Gasteiger partial charge in [0.05, 0.1) is 6.26 Å². The molecule has 0 unspecified atom stereocenters. The molecule has 0 atom stereocenters. The highest BCUT2D eigenvalue weighted by atomic mass is 16.5. The maximum atomic E-state index is 11.1. The number of allylic oxidation sites excluding steroid dienone is 1. The molecule has 0 spiro atoms. The Morgan fingerprint density at radius 3 is 2.54 bits per heavy atom. The zero-order valence-corrected chi connectivity index (χ0v) is 8.93. The average Bonchev–Trinajstić information content (AvgIpc) is 2.14. The minimum atomic E-state index is -0.110. The molecule has 0 aliphatic carbocycles. The van der Waals surface area contributed by atoms with E-state index in [1.54, 1.807) is 6.26 Å². The monoisotopic (exact) mass is 184 g/mol. The predicted octanol–water partition coefficient (Wildman–Crippen LogP) is 3.42. The van der Waals surface area contributed by atoms with E-state index in [4.69, 9.17) is 4.74 Å². The molecule has 0 saturated carbocycles. The molecule has 0 amide bonds. The molecule has 0 aromatic carbocycles. The van der Waals surface area contributed by atoms with Gasteiger partial charge in [0.1, 0.15) is 0 Å². The fraction of sp³-hybridized carbons (Fsp3) is 0.727. The first-order chi connectivity index (χ1) is 6.20. The average molecular weight is 184 g/mol. The normalized spacial score (nSPS) is 11.5. The fourth-order valence-electron chi connectivity index (χ4n) is 0.828. The van der Waals surface area contributed by atoms with Crippen molar-refractivity contribution >= 4 is 5.97 Å². The van der Waals surface area contributed by atoms with Crippen molar-refractivity contribution in [1.29, 1.82) is 0 Å². The molecule has 0 rings (SSSR count). The van der Waals surface area contributed by atoms with E-state index in [-0.39, 0.29) is 5.97 Å². The molecular formula is C11H20O2. The van der Waals surface area contributed by atoms with Crippen molar-refractivity contribution in [3.05, 3.63) is 11.8 Å². The molecular weight excluding hydrogens is 164 g/mol. The smallest absolute Gasteiger partial charge is 0.310 e. The lowest BCUT2D eigenvalue weighted by atomic mass is 10.2. The van der Waals surface area contributed by atoms with Crippen molar-refractivity contribution in [1.82, 2.24) is 0 Å². The Kier molecular flexibility index (Phi) is 7.36. The van der Waals surface area contributed by atoms with E-state index in [1.807, 2.05) is 13.8 Å². The van der Waals surface area contributed by atoms with Gasteiger partial charge in [-0.25, -0.2) is 0 Å². The van der Waals surface area contributed by atoms with Gasteiger partial charge < -0.3 is 4.74 Å². The van der Waals surface area contributed by atoms with Gasteiger partial charge in [-0.05, 0) is 25.3 Å². The van der Waals surface area contributed by atoms with E-state index < -0.39 is 0 Å². The summed E-state index contributed by atoms with van der Waals surface area (Å²) in [6.45, 7) is 6.11. The van der Waals surface area contributed by atoms with Gasteiger partial charge in [0, 0.05) is 6.42 Å². The van der Waals surface area contributed by atoms with E-state index in [9.17, 15) is 4.79 Å². The largest absolute Gasteiger partial charge is 0.435 e. The van der Waals surface area contributed by atoms with Crippen LogP contribution in [0.1, 0.15) is 52.9 Å². The van der Waals surface area contributed by atoms with Crippen LogP contribution in [0, 0.1) is 0 Å². The number of hydrogen-bond donors (Lipinski definition) is 0. The summed E-state index contributed by atoms with van der Waals surface area (Å²) in [5.74, 6) is -0.110. The third-order valence-electron chi connectivity index (χ3n) is 1.93. The summed E-state index contributed by atoms with van der Waals surface area (Å²) in [5.41, 5.74) is 1.10. The van der Waals surface area contributed by atoms with Crippen molar-refractivity contribution < 1.29 is 9.53 Å². The highest BCUT2D eigenvalue weighted by Crippen LogP contribution is 2.03. The molecule has 2 nitrogen and oxygen atoms in total. The molecule has 0 aliphatic rings. The van der Waals surface area contributed by atoms with Crippen LogP contribution in [0.25, 0.3) is 0 Å². The van der Waals surface area contributed by atoms with Crippen LogP contribution in [0.5, 0.6) is 0 Å². The highest BCUT2D eigenvalue weighted by Gasteiger charge is 1.99. The van der Waals surface area contributed by atoms with Crippen molar-refractivity contribution in [2.24, 2.45) is 0 Å². The minimum absolute atomic E-state index is 0.110. The standard InChI is InChI=1S/C11H20O2/c1-4-6-7-8-11(12)13-9-10(3)5-2/h9H,4-8H2,1-3H3. The summed E-state index contributed by atoms with van der Waals surface area (Å²) in [4.78, 5) is 11.1. The van der Waals surface area contributed by atoms with Crippen molar-refractivity contribution in [2.75, 3.05) is 0 Å². The second kappa shape index (κ2) is 7.84. The van der Waals surface area contributed by atoms with Crippen molar-refractivity contribution in [2.45, 2.75) is 52.9 Å². The molecule has 0 bridgehead atoms. The zero-order valence-electron chi connectivity index (χ0n) is 8.93. The number of carbonyl (C=O) groups is 1. The summed E-state index contributed by atoms with van der Waals surface area (Å²) in [6, 6.07) is 0. The number of ether oxygens (including phenoxy) is 1. The summed E-state index contributed by atoms with van der Waals surface area (Å²) in [6.07, 6.45) is 6.22. The SMILES string of the molecule is CCCCCC(=O)OC=C(C)CC. The summed E-state index contributed by atoms with van der Waals surface area (Å²) in [7, 11) is 0. The number of rotatable bonds is 6. The topological polar surface area (TPSA) is 26.3 Å². The van der Waals surface area contributed by atoms with E-state index in [2.05, 4.69) is 6.92 Å². The van der Waals surface area contributed by atoms with Crippen LogP contribution in [-0.2, 0) is 9.53 Å². The zero-order chi connectivity index (χ0) is 10.1. The lowest BCUT2D eigenvalue weighted by Crippen LogP contribution is -1.99. The number of carbonyl (C=O) groups excluding carboxylic acids is 1. The first kappa shape index (κ1) is 12.2. The van der Waals surface area contributed by atoms with Gasteiger partial charge in [-0.1, -0.05) is 26.7 Å². The summed E-state index contributed by atoms with van der Waals surface area (Å²) >= 11 is 0. The lowest BCUT2D eigenvalue weighted by molar-refractivity contribution is -0.138. The van der Waals surface area contributed by atoms with Gasteiger partial charge in [0.2, 0.25) is 0 Å². The van der Waals surface area contributed by atoms with Gasteiger partial charge in [-0.3, -0.25) is 4.79 Å². The molecule has 0 aromatic heterocycles. The molecule has 0 fully saturated rings. The molecule has 0 aliphatic heterocycles. The summed E-state index contributed by atoms with van der Waals surface area (Å²) < 4.78 is 4.94. The van der Waals surface area contributed by atoms with Crippen LogP contribution in [0.4, 0.5) is 0 Å². The van der Waals surface area contributed by atoms with E-state index in [1.165, 1.54) is 0 Å². The van der Waals surface area contributed by atoms with Gasteiger partial charge >= 0.3 is 5.97 Å². The predicted molar refractivity (Wildman–Crippen MR) is 54.3 cm³/mol. The maximum absolute atomic E-state index is 11.1. The minimum Gasteiger partial charge on any atom is -0.435 e. The first-order valence-corrected chi connectivity index (χ1v) is 5.05. The molecule has 76 valence electrons. The molecule has 0 saturated heterocycles. The van der Waals surface area contributed by atoms with Crippen LogP contribution in [0.3, 0.4) is 0 Å². The Labute approximate surface area is 81.0 Å². The Bertz CT molecular complexity index is 171. The molecule has 13 heavy (non-hydrogen) atoms. The van der Waals surface area contributed by atoms with Crippen molar-refractivity contribution in [3.8, 4) is 0 Å². The Hall–Kier alpha value is -0.790. The first-order valence-electron chi connectivity index (χ1n) is 5.05. The van der Waals surface area contributed by atoms with E-state index in [0.29, 0.717) is 6.42 Å². The highest BCUT2D eigenvalue weighted by molar-refractivity contribution is 5.69. The van der Waals surface area contributed by atoms with Crippen LogP contribution in [0.15, 0.2) is 11.8 Å². The van der Waals surface area contributed by atoms with Crippen LogP contribution >= 0.6 is 0 Å². The Morgan fingerprint density at radius 1 is 1.31 bits per heavy atom. The van der Waals surface area contributed by atoms with Gasteiger partial charge in [0.15, 0.2) is 0 Å². The molecule has 0 heterocycles. The maximum Gasteiger partial charge on any atom is 0.310 e. The van der Waals surface area contributed by atoms with Crippen LogP contribution in [-0.4, -0.2) is 5.97 Å². The lowest BCUT2D eigenvalue weighted by Gasteiger charge is -1.99. The summed E-state index contributed by atoms with van der Waals surface area (Å²) in [5, 5.41) is 0. The second-order valence-corrected chi connectivity index (χ2v) is 3.26. The van der Waals surface area contributed by atoms with Crippen LogP contribution < -0.4 is 0 Å². The fourth-order valence-corrected chi connectivity index (χ4v) is 0.828. The van der Waals surface area contributed by atoms with Crippen molar-refractivity contribution in [3.63, 3.8) is 0 Å². The second-order valence-electron chi connectivity index (χ2n) is 3.26. The Morgan fingerprint density at radius 2 is 2.00 bits per heavy atom. The number of hydrogen-bond acceptors (Lipinski definition) is 2. The third-order valence-corrected chi connectivity index (χ3v) is 1.93. The van der Waals surface area contributed by atoms with E-state index >= 15 is 0 Å². The van der Waals surface area contributed by atoms with Crippen LogP contribution in [0.2, 0.25) is 0 Å². The molecule has 0 N–H and O–H groups in total. The number of unbranched alkanes of at least 4 members (excludes halogenated alkanes) is 2. The van der Waals surface area contributed by atoms with Gasteiger partial charge in [-0.2, -0.15) is 0 Å². The number of esters is 1. The third kappa shape index (κ3) is 7.57. The van der Waals surface area contributed by atoms with Gasteiger partial charge in [-0.15, -0.1) is 0 Å². The quantitative estimate of drug-likeness (QED) is 0.359. The molecule has 0 radical (unpaired) electrons.